The molecular weight excluding hydrogens is 238 g/mol. The second-order valence-corrected chi connectivity index (χ2v) is 4.08. The normalized spacial score (nSPS) is 10.3. The van der Waals surface area contributed by atoms with Crippen LogP contribution in [-0.4, -0.2) is 11.3 Å². The van der Waals surface area contributed by atoms with Crippen LogP contribution in [0, 0.1) is 0 Å². The molecule has 0 atom stereocenters. The first-order valence-corrected chi connectivity index (χ1v) is 5.95. The van der Waals surface area contributed by atoms with Crippen molar-refractivity contribution in [2.75, 3.05) is 0 Å². The minimum absolute atomic E-state index is 0.0951. The summed E-state index contributed by atoms with van der Waals surface area (Å²) in [5.74, 6) is 0.714. The minimum atomic E-state index is 0.0951. The molecule has 0 amide bonds. The lowest BCUT2D eigenvalue weighted by Crippen LogP contribution is -1.82. The summed E-state index contributed by atoms with van der Waals surface area (Å²) in [5, 5.41) is 0. The third kappa shape index (κ3) is 2.18. The Labute approximate surface area is 110 Å². The molecule has 0 aliphatic rings. The summed E-state index contributed by atoms with van der Waals surface area (Å²) < 4.78 is 5.53. The summed E-state index contributed by atoms with van der Waals surface area (Å²) in [6.07, 6.45) is 0.624. The SMILES string of the molecule is O=Cc1nc(-c2ccccc2)c(-c2ccccc2)o1. The van der Waals surface area contributed by atoms with Gasteiger partial charge in [-0.1, -0.05) is 60.7 Å². The van der Waals surface area contributed by atoms with Crippen LogP contribution in [0.15, 0.2) is 65.1 Å². The molecule has 0 saturated carbocycles. The Morgan fingerprint density at radius 3 is 2.00 bits per heavy atom. The van der Waals surface area contributed by atoms with E-state index in [-0.39, 0.29) is 5.89 Å². The molecular formula is C16H11NO2. The molecule has 0 aliphatic carbocycles. The molecule has 0 radical (unpaired) electrons. The number of hydrogen-bond donors (Lipinski definition) is 0. The van der Waals surface area contributed by atoms with Crippen molar-refractivity contribution in [1.82, 2.24) is 4.98 Å². The van der Waals surface area contributed by atoms with Crippen LogP contribution in [0.3, 0.4) is 0 Å². The van der Waals surface area contributed by atoms with Crippen LogP contribution in [0.2, 0.25) is 0 Å². The maximum Gasteiger partial charge on any atom is 0.260 e. The Morgan fingerprint density at radius 1 is 0.842 bits per heavy atom. The van der Waals surface area contributed by atoms with E-state index in [1.165, 1.54) is 0 Å². The van der Waals surface area contributed by atoms with Gasteiger partial charge in [-0.05, 0) is 0 Å². The molecule has 0 unspecified atom stereocenters. The fourth-order valence-electron chi connectivity index (χ4n) is 1.96. The number of benzene rings is 2. The van der Waals surface area contributed by atoms with Gasteiger partial charge in [-0.2, -0.15) is 0 Å². The van der Waals surface area contributed by atoms with E-state index in [2.05, 4.69) is 4.98 Å². The summed E-state index contributed by atoms with van der Waals surface area (Å²) in [7, 11) is 0. The zero-order valence-corrected chi connectivity index (χ0v) is 10.1. The van der Waals surface area contributed by atoms with Gasteiger partial charge in [0.25, 0.3) is 5.89 Å². The summed E-state index contributed by atoms with van der Waals surface area (Å²) >= 11 is 0. The topological polar surface area (TPSA) is 43.1 Å². The Bertz CT molecular complexity index is 630. The highest BCUT2D eigenvalue weighted by molar-refractivity contribution is 5.80. The summed E-state index contributed by atoms with van der Waals surface area (Å²) in [6.45, 7) is 0. The molecule has 0 saturated heterocycles. The second kappa shape index (κ2) is 4.90. The Morgan fingerprint density at radius 2 is 1.42 bits per heavy atom. The van der Waals surface area contributed by atoms with Gasteiger partial charge in [-0.3, -0.25) is 4.79 Å². The molecule has 3 nitrogen and oxygen atoms in total. The van der Waals surface area contributed by atoms with Gasteiger partial charge in [-0.15, -0.1) is 0 Å². The molecule has 92 valence electrons. The summed E-state index contributed by atoms with van der Waals surface area (Å²) in [5.41, 5.74) is 2.52. The first kappa shape index (κ1) is 11.4. The third-order valence-electron chi connectivity index (χ3n) is 2.83. The van der Waals surface area contributed by atoms with Gasteiger partial charge in [-0.25, -0.2) is 4.98 Å². The lowest BCUT2D eigenvalue weighted by atomic mass is 10.1. The van der Waals surface area contributed by atoms with E-state index >= 15 is 0 Å². The van der Waals surface area contributed by atoms with E-state index < -0.39 is 0 Å². The number of aldehydes is 1. The Balaban J connectivity index is 2.19. The van der Waals surface area contributed by atoms with Crippen LogP contribution in [0.4, 0.5) is 0 Å². The number of carbonyl (C=O) groups excluding carboxylic acids is 1. The number of aromatic nitrogens is 1. The first-order chi connectivity index (χ1) is 9.38. The van der Waals surface area contributed by atoms with Crippen molar-refractivity contribution in [3.8, 4) is 22.6 Å². The molecule has 3 aromatic rings. The second-order valence-electron chi connectivity index (χ2n) is 4.08. The highest BCUT2D eigenvalue weighted by Gasteiger charge is 2.15. The molecule has 1 aromatic heterocycles. The molecule has 0 spiro atoms. The van der Waals surface area contributed by atoms with Crippen LogP contribution in [0.1, 0.15) is 10.7 Å². The van der Waals surface area contributed by atoms with Crippen molar-refractivity contribution in [2.45, 2.75) is 0 Å². The lowest BCUT2D eigenvalue weighted by Gasteiger charge is -2.00. The molecule has 3 rings (SSSR count). The van der Waals surface area contributed by atoms with Gasteiger partial charge in [0.05, 0.1) is 0 Å². The van der Waals surface area contributed by atoms with E-state index in [4.69, 9.17) is 4.42 Å². The predicted molar refractivity (Wildman–Crippen MR) is 72.8 cm³/mol. The maximum absolute atomic E-state index is 10.9. The van der Waals surface area contributed by atoms with Crippen LogP contribution < -0.4 is 0 Å². The van der Waals surface area contributed by atoms with Gasteiger partial charge in [0.2, 0.25) is 6.29 Å². The van der Waals surface area contributed by atoms with Crippen molar-refractivity contribution < 1.29 is 9.21 Å². The predicted octanol–water partition coefficient (Wildman–Crippen LogP) is 3.82. The molecule has 0 fully saturated rings. The monoisotopic (exact) mass is 249 g/mol. The van der Waals surface area contributed by atoms with E-state index in [0.717, 1.165) is 11.1 Å². The zero-order valence-electron chi connectivity index (χ0n) is 10.1. The van der Waals surface area contributed by atoms with E-state index in [9.17, 15) is 4.79 Å². The van der Waals surface area contributed by atoms with Gasteiger partial charge in [0.15, 0.2) is 5.76 Å². The van der Waals surface area contributed by atoms with E-state index in [0.29, 0.717) is 17.7 Å². The smallest absolute Gasteiger partial charge is 0.260 e. The van der Waals surface area contributed by atoms with Crippen LogP contribution in [0.5, 0.6) is 0 Å². The zero-order chi connectivity index (χ0) is 13.1. The number of nitrogens with zero attached hydrogens (tertiary/aromatic N) is 1. The molecule has 1 heterocycles. The largest absolute Gasteiger partial charge is 0.433 e. The van der Waals surface area contributed by atoms with Gasteiger partial charge in [0.1, 0.15) is 5.69 Å². The highest BCUT2D eigenvalue weighted by Crippen LogP contribution is 2.31. The molecule has 0 N–H and O–H groups in total. The van der Waals surface area contributed by atoms with Crippen molar-refractivity contribution in [1.29, 1.82) is 0 Å². The van der Waals surface area contributed by atoms with Crippen LogP contribution in [-0.2, 0) is 0 Å². The molecule has 19 heavy (non-hydrogen) atoms. The van der Waals surface area contributed by atoms with Crippen LogP contribution >= 0.6 is 0 Å². The van der Waals surface area contributed by atoms with Crippen LogP contribution in [0.25, 0.3) is 22.6 Å². The van der Waals surface area contributed by atoms with Crippen molar-refractivity contribution >= 4 is 6.29 Å². The molecule has 2 aromatic carbocycles. The fraction of sp³-hybridized carbons (Fsp3) is 0. The van der Waals surface area contributed by atoms with Gasteiger partial charge in [0, 0.05) is 11.1 Å². The number of hydrogen-bond acceptors (Lipinski definition) is 3. The highest BCUT2D eigenvalue weighted by atomic mass is 16.4. The number of rotatable bonds is 3. The third-order valence-corrected chi connectivity index (χ3v) is 2.83. The minimum Gasteiger partial charge on any atom is -0.433 e. The fourth-order valence-corrected chi connectivity index (χ4v) is 1.96. The average Bonchev–Trinajstić information content (AvgIpc) is 2.93. The van der Waals surface area contributed by atoms with E-state index in [1.807, 2.05) is 60.7 Å². The van der Waals surface area contributed by atoms with E-state index in [1.54, 1.807) is 0 Å². The Kier molecular flexibility index (Phi) is 2.94. The van der Waals surface area contributed by atoms with Crippen molar-refractivity contribution in [3.63, 3.8) is 0 Å². The summed E-state index contributed by atoms with van der Waals surface area (Å²) in [6, 6.07) is 19.3. The van der Waals surface area contributed by atoms with Crippen molar-refractivity contribution in [3.05, 3.63) is 66.6 Å². The standard InChI is InChI=1S/C16H11NO2/c18-11-14-17-15(12-7-3-1-4-8-12)16(19-14)13-9-5-2-6-10-13/h1-11H. The lowest BCUT2D eigenvalue weighted by molar-refractivity contribution is 0.109. The van der Waals surface area contributed by atoms with Crippen molar-refractivity contribution in [2.24, 2.45) is 0 Å². The average molecular weight is 249 g/mol. The summed E-state index contributed by atoms with van der Waals surface area (Å²) in [4.78, 5) is 15.1. The van der Waals surface area contributed by atoms with Gasteiger partial charge >= 0.3 is 0 Å². The first-order valence-electron chi connectivity index (χ1n) is 5.95. The number of carbonyl (C=O) groups is 1. The van der Waals surface area contributed by atoms with Gasteiger partial charge < -0.3 is 4.42 Å². The number of oxazole rings is 1. The molecule has 0 bridgehead atoms. The maximum atomic E-state index is 10.9. The molecule has 0 aliphatic heterocycles. The quantitative estimate of drug-likeness (QED) is 0.663. The Hall–Kier alpha value is -2.68. The molecule has 3 heteroatoms.